The Bertz CT molecular complexity index is 439. The second-order valence-electron chi connectivity index (χ2n) is 5.88. The third-order valence-corrected chi connectivity index (χ3v) is 4.55. The number of nitrogens with one attached hydrogen (secondary N) is 1. The molecule has 1 aromatic carbocycles. The van der Waals surface area contributed by atoms with E-state index in [1.54, 1.807) is 7.11 Å². The number of rotatable bonds is 5. The zero-order chi connectivity index (χ0) is 15.3. The molecule has 0 radical (unpaired) electrons. The first-order chi connectivity index (χ1) is 10.1. The maximum absolute atomic E-state index is 13.3. The van der Waals surface area contributed by atoms with Gasteiger partial charge in [-0.2, -0.15) is 0 Å². The van der Waals surface area contributed by atoms with E-state index in [4.69, 9.17) is 10.6 Å². The van der Waals surface area contributed by atoms with Gasteiger partial charge in [0.1, 0.15) is 11.6 Å². The van der Waals surface area contributed by atoms with Crippen LogP contribution in [0.1, 0.15) is 44.1 Å². The average Bonchev–Trinajstić information content (AvgIpc) is 2.70. The Morgan fingerprint density at radius 2 is 1.71 bits per heavy atom. The molecule has 1 fully saturated rings. The maximum atomic E-state index is 13.3. The second-order valence-corrected chi connectivity index (χ2v) is 5.88. The highest BCUT2D eigenvalue weighted by molar-refractivity contribution is 5.20. The molecule has 0 amide bonds. The van der Waals surface area contributed by atoms with Crippen molar-refractivity contribution in [3.63, 3.8) is 0 Å². The van der Waals surface area contributed by atoms with Gasteiger partial charge in [0.2, 0.25) is 0 Å². The Hall–Kier alpha value is -1.04. The molecule has 0 spiro atoms. The summed E-state index contributed by atoms with van der Waals surface area (Å²) in [6.07, 6.45) is 6.83. The van der Waals surface area contributed by atoms with Crippen molar-refractivity contribution in [2.45, 2.75) is 56.6 Å². The van der Waals surface area contributed by atoms with Gasteiger partial charge in [0.05, 0.1) is 11.6 Å². The lowest BCUT2D eigenvalue weighted by molar-refractivity contribution is -0.0527. The van der Waals surface area contributed by atoms with Gasteiger partial charge in [-0.1, -0.05) is 25.7 Å². The molecule has 0 aromatic heterocycles. The van der Waals surface area contributed by atoms with Crippen molar-refractivity contribution in [3.8, 4) is 0 Å². The molecule has 0 bridgehead atoms. The smallest absolute Gasteiger partial charge is 0.126 e. The lowest BCUT2D eigenvalue weighted by atomic mass is 9.83. The second kappa shape index (κ2) is 7.29. The molecule has 2 rings (SSSR count). The van der Waals surface area contributed by atoms with Gasteiger partial charge >= 0.3 is 0 Å². The van der Waals surface area contributed by atoms with Crippen LogP contribution in [0.3, 0.4) is 0 Å². The van der Waals surface area contributed by atoms with Crippen molar-refractivity contribution in [1.82, 2.24) is 5.43 Å². The standard InChI is InChI=1S/C16H24F2N2O/c1-21-16(6-4-2-3-5-7-16)15(20-19)10-12-8-13(17)11-14(18)9-12/h8-9,11,15,20H,2-7,10,19H2,1H3. The van der Waals surface area contributed by atoms with Gasteiger partial charge in [-0.25, -0.2) is 8.78 Å². The molecule has 1 saturated carbocycles. The first-order valence-corrected chi connectivity index (χ1v) is 7.56. The van der Waals surface area contributed by atoms with Crippen LogP contribution in [0.25, 0.3) is 0 Å². The van der Waals surface area contributed by atoms with Gasteiger partial charge in [0.25, 0.3) is 0 Å². The monoisotopic (exact) mass is 298 g/mol. The molecule has 118 valence electrons. The van der Waals surface area contributed by atoms with E-state index in [1.807, 2.05) is 0 Å². The number of nitrogens with two attached hydrogens (primary N) is 1. The van der Waals surface area contributed by atoms with Crippen LogP contribution >= 0.6 is 0 Å². The van der Waals surface area contributed by atoms with E-state index in [9.17, 15) is 8.78 Å². The molecule has 3 N–H and O–H groups in total. The van der Waals surface area contributed by atoms with Crippen LogP contribution in [-0.4, -0.2) is 18.8 Å². The normalized spacial score (nSPS) is 20.0. The van der Waals surface area contributed by atoms with E-state index in [2.05, 4.69) is 5.43 Å². The fourth-order valence-electron chi connectivity index (χ4n) is 3.38. The molecule has 3 nitrogen and oxygen atoms in total. The molecule has 1 aliphatic rings. The lowest BCUT2D eigenvalue weighted by Crippen LogP contribution is -2.55. The van der Waals surface area contributed by atoms with E-state index >= 15 is 0 Å². The summed E-state index contributed by atoms with van der Waals surface area (Å²) < 4.78 is 32.5. The van der Waals surface area contributed by atoms with Crippen LogP contribution in [0.4, 0.5) is 8.78 Å². The molecule has 1 aromatic rings. The largest absolute Gasteiger partial charge is 0.377 e. The molecule has 1 atom stereocenters. The van der Waals surface area contributed by atoms with Crippen molar-refractivity contribution in [3.05, 3.63) is 35.4 Å². The molecule has 5 heteroatoms. The molecular formula is C16H24F2N2O. The topological polar surface area (TPSA) is 47.3 Å². The summed E-state index contributed by atoms with van der Waals surface area (Å²) in [5, 5.41) is 0. The minimum absolute atomic E-state index is 0.165. The van der Waals surface area contributed by atoms with Gasteiger partial charge in [0.15, 0.2) is 0 Å². The van der Waals surface area contributed by atoms with Gasteiger partial charge in [-0.3, -0.25) is 11.3 Å². The van der Waals surface area contributed by atoms with E-state index < -0.39 is 11.6 Å². The Kier molecular flexibility index (Phi) is 5.67. The Morgan fingerprint density at radius 1 is 1.14 bits per heavy atom. The van der Waals surface area contributed by atoms with E-state index in [-0.39, 0.29) is 11.6 Å². The van der Waals surface area contributed by atoms with Crippen molar-refractivity contribution >= 4 is 0 Å². The quantitative estimate of drug-likeness (QED) is 0.499. The van der Waals surface area contributed by atoms with Crippen molar-refractivity contribution in [1.29, 1.82) is 0 Å². The third kappa shape index (κ3) is 3.99. The number of hydrazine groups is 1. The van der Waals surface area contributed by atoms with Gasteiger partial charge in [0, 0.05) is 13.2 Å². The van der Waals surface area contributed by atoms with Crippen LogP contribution in [0.15, 0.2) is 18.2 Å². The minimum Gasteiger partial charge on any atom is -0.377 e. The Balaban J connectivity index is 2.20. The number of ether oxygens (including phenoxy) is 1. The summed E-state index contributed by atoms with van der Waals surface area (Å²) in [4.78, 5) is 0. The first-order valence-electron chi connectivity index (χ1n) is 7.56. The highest BCUT2D eigenvalue weighted by atomic mass is 19.1. The predicted molar refractivity (Wildman–Crippen MR) is 78.6 cm³/mol. The fraction of sp³-hybridized carbons (Fsp3) is 0.625. The first kappa shape index (κ1) is 16.3. The summed E-state index contributed by atoms with van der Waals surface area (Å²) in [5.74, 6) is 4.60. The van der Waals surface area contributed by atoms with E-state index in [1.165, 1.54) is 25.0 Å². The zero-order valence-electron chi connectivity index (χ0n) is 12.5. The van der Waals surface area contributed by atoms with Crippen molar-refractivity contribution in [2.75, 3.05) is 7.11 Å². The highest BCUT2D eigenvalue weighted by Crippen LogP contribution is 2.34. The summed E-state index contributed by atoms with van der Waals surface area (Å²) >= 11 is 0. The molecule has 1 unspecified atom stereocenters. The molecule has 1 aliphatic carbocycles. The Morgan fingerprint density at radius 3 is 2.19 bits per heavy atom. The zero-order valence-corrected chi connectivity index (χ0v) is 12.5. The Labute approximate surface area is 124 Å². The lowest BCUT2D eigenvalue weighted by Gasteiger charge is -2.39. The molecular weight excluding hydrogens is 274 g/mol. The van der Waals surface area contributed by atoms with Crippen LogP contribution in [0.2, 0.25) is 0 Å². The maximum Gasteiger partial charge on any atom is 0.126 e. The van der Waals surface area contributed by atoms with Crippen LogP contribution in [-0.2, 0) is 11.2 Å². The molecule has 0 saturated heterocycles. The van der Waals surface area contributed by atoms with Crippen LogP contribution < -0.4 is 11.3 Å². The summed E-state index contributed by atoms with van der Waals surface area (Å²) in [5.41, 5.74) is 3.04. The van der Waals surface area contributed by atoms with Crippen molar-refractivity contribution in [2.24, 2.45) is 5.84 Å². The minimum atomic E-state index is -0.562. The molecule has 0 heterocycles. The third-order valence-electron chi connectivity index (χ3n) is 4.55. The predicted octanol–water partition coefficient (Wildman–Crippen LogP) is 3.08. The summed E-state index contributed by atoms with van der Waals surface area (Å²) in [7, 11) is 1.70. The van der Waals surface area contributed by atoms with E-state index in [0.717, 1.165) is 31.7 Å². The number of methoxy groups -OCH3 is 1. The van der Waals surface area contributed by atoms with E-state index in [0.29, 0.717) is 12.0 Å². The van der Waals surface area contributed by atoms with Crippen molar-refractivity contribution < 1.29 is 13.5 Å². The number of hydrogen-bond donors (Lipinski definition) is 2. The number of hydrogen-bond acceptors (Lipinski definition) is 3. The highest BCUT2D eigenvalue weighted by Gasteiger charge is 2.38. The summed E-state index contributed by atoms with van der Waals surface area (Å²) in [6.45, 7) is 0. The van der Waals surface area contributed by atoms with Gasteiger partial charge < -0.3 is 4.74 Å². The average molecular weight is 298 g/mol. The molecule has 0 aliphatic heterocycles. The van der Waals surface area contributed by atoms with Crippen LogP contribution in [0, 0.1) is 11.6 Å². The van der Waals surface area contributed by atoms with Gasteiger partial charge in [-0.05, 0) is 37.0 Å². The molecule has 21 heavy (non-hydrogen) atoms. The van der Waals surface area contributed by atoms with Gasteiger partial charge in [-0.15, -0.1) is 0 Å². The fourth-order valence-corrected chi connectivity index (χ4v) is 3.38. The van der Waals surface area contributed by atoms with Crippen LogP contribution in [0.5, 0.6) is 0 Å². The SMILES string of the molecule is COC1(C(Cc2cc(F)cc(F)c2)NN)CCCCCC1. The summed E-state index contributed by atoms with van der Waals surface area (Å²) in [6, 6.07) is 3.43. The number of halogens is 2. The number of benzene rings is 1.